The lowest BCUT2D eigenvalue weighted by Crippen LogP contribution is -2.03. The normalized spacial score (nSPS) is 9.50. The average Bonchev–Trinajstić information content (AvgIpc) is 2.01. The molecule has 12 heavy (non-hydrogen) atoms. The standard InChI is InChI=1S/C7H7ClN2O2/c1-12-7(11)4-2-5(8)10-6(9)3-4/h2-3H,1H3,(H2,9,10). The van der Waals surface area contributed by atoms with Gasteiger partial charge in [0.25, 0.3) is 0 Å². The van der Waals surface area contributed by atoms with Crippen LogP contribution in [0.1, 0.15) is 10.4 Å². The van der Waals surface area contributed by atoms with E-state index in [1.54, 1.807) is 0 Å². The molecule has 0 saturated carbocycles. The fourth-order valence-corrected chi connectivity index (χ4v) is 0.968. The second-order valence-electron chi connectivity index (χ2n) is 2.09. The van der Waals surface area contributed by atoms with Crippen LogP contribution in [0.4, 0.5) is 5.82 Å². The van der Waals surface area contributed by atoms with Gasteiger partial charge in [-0.05, 0) is 12.1 Å². The number of rotatable bonds is 1. The van der Waals surface area contributed by atoms with E-state index in [1.807, 2.05) is 0 Å². The summed E-state index contributed by atoms with van der Waals surface area (Å²) in [5.41, 5.74) is 5.65. The van der Waals surface area contributed by atoms with E-state index < -0.39 is 5.97 Å². The number of pyridine rings is 1. The Morgan fingerprint density at radius 3 is 2.83 bits per heavy atom. The van der Waals surface area contributed by atoms with E-state index in [0.717, 1.165) is 0 Å². The predicted molar refractivity (Wildman–Crippen MR) is 45.0 cm³/mol. The van der Waals surface area contributed by atoms with Gasteiger partial charge in [0.2, 0.25) is 0 Å². The smallest absolute Gasteiger partial charge is 0.338 e. The number of anilines is 1. The molecule has 0 aromatic carbocycles. The molecule has 1 heterocycles. The minimum Gasteiger partial charge on any atom is -0.465 e. The van der Waals surface area contributed by atoms with Gasteiger partial charge in [0.05, 0.1) is 12.7 Å². The Labute approximate surface area is 74.3 Å². The predicted octanol–water partition coefficient (Wildman–Crippen LogP) is 1.10. The number of esters is 1. The molecule has 0 spiro atoms. The van der Waals surface area contributed by atoms with Crippen LogP contribution in [0, 0.1) is 0 Å². The third kappa shape index (κ3) is 1.85. The lowest BCUT2D eigenvalue weighted by Gasteiger charge is -2.00. The Kier molecular flexibility index (Phi) is 2.50. The molecule has 0 radical (unpaired) electrons. The number of hydrogen-bond donors (Lipinski definition) is 1. The van der Waals surface area contributed by atoms with E-state index in [0.29, 0.717) is 5.56 Å². The summed E-state index contributed by atoms with van der Waals surface area (Å²) in [5.74, 6) is -0.283. The van der Waals surface area contributed by atoms with Crippen molar-refractivity contribution in [2.75, 3.05) is 12.8 Å². The van der Waals surface area contributed by atoms with Gasteiger partial charge in [-0.15, -0.1) is 0 Å². The summed E-state index contributed by atoms with van der Waals surface area (Å²) in [7, 11) is 1.28. The van der Waals surface area contributed by atoms with Gasteiger partial charge < -0.3 is 10.5 Å². The van der Waals surface area contributed by atoms with Crippen LogP contribution < -0.4 is 5.73 Å². The molecule has 64 valence electrons. The number of halogens is 1. The summed E-state index contributed by atoms with van der Waals surface area (Å²) in [5, 5.41) is 0.176. The second-order valence-corrected chi connectivity index (χ2v) is 2.48. The molecule has 5 heteroatoms. The van der Waals surface area contributed by atoms with Gasteiger partial charge in [-0.1, -0.05) is 11.6 Å². The monoisotopic (exact) mass is 186 g/mol. The molecule has 4 nitrogen and oxygen atoms in total. The number of aromatic nitrogens is 1. The zero-order chi connectivity index (χ0) is 9.14. The molecule has 0 atom stereocenters. The lowest BCUT2D eigenvalue weighted by atomic mass is 10.3. The molecule has 0 fully saturated rings. The molecule has 0 unspecified atom stereocenters. The SMILES string of the molecule is COC(=O)c1cc(N)nc(Cl)c1. The van der Waals surface area contributed by atoms with Crippen molar-refractivity contribution in [3.63, 3.8) is 0 Å². The highest BCUT2D eigenvalue weighted by Gasteiger charge is 2.07. The van der Waals surface area contributed by atoms with Crippen LogP contribution >= 0.6 is 11.6 Å². The summed E-state index contributed by atoms with van der Waals surface area (Å²) in [4.78, 5) is 14.6. The molecule has 0 saturated heterocycles. The van der Waals surface area contributed by atoms with E-state index in [9.17, 15) is 4.79 Å². The molecule has 2 N–H and O–H groups in total. The fourth-order valence-electron chi connectivity index (χ4n) is 0.753. The number of nitrogen functional groups attached to an aromatic ring is 1. The minimum atomic E-state index is -0.481. The van der Waals surface area contributed by atoms with Gasteiger partial charge in [-0.25, -0.2) is 9.78 Å². The van der Waals surface area contributed by atoms with Crippen LogP contribution in [0.5, 0.6) is 0 Å². The van der Waals surface area contributed by atoms with Crippen molar-refractivity contribution in [1.29, 1.82) is 0 Å². The highest BCUT2D eigenvalue weighted by molar-refractivity contribution is 6.29. The molecule has 0 aliphatic carbocycles. The van der Waals surface area contributed by atoms with E-state index in [1.165, 1.54) is 19.2 Å². The molecule has 0 bridgehead atoms. The summed E-state index contributed by atoms with van der Waals surface area (Å²) in [6, 6.07) is 2.79. The maximum atomic E-state index is 11.0. The van der Waals surface area contributed by atoms with Crippen LogP contribution in [0.3, 0.4) is 0 Å². The van der Waals surface area contributed by atoms with Gasteiger partial charge in [-0.3, -0.25) is 0 Å². The van der Waals surface area contributed by atoms with Crippen molar-refractivity contribution in [2.45, 2.75) is 0 Å². The van der Waals surface area contributed by atoms with Crippen molar-refractivity contribution in [3.8, 4) is 0 Å². The number of nitrogens with two attached hydrogens (primary N) is 1. The van der Waals surface area contributed by atoms with Crippen molar-refractivity contribution >= 4 is 23.4 Å². The van der Waals surface area contributed by atoms with Gasteiger partial charge >= 0.3 is 5.97 Å². The van der Waals surface area contributed by atoms with Crippen molar-refractivity contribution in [1.82, 2.24) is 4.98 Å². The number of hydrogen-bond acceptors (Lipinski definition) is 4. The Hall–Kier alpha value is -1.29. The number of nitrogens with zero attached hydrogens (tertiary/aromatic N) is 1. The highest BCUT2D eigenvalue weighted by Crippen LogP contribution is 2.12. The van der Waals surface area contributed by atoms with Crippen molar-refractivity contribution in [2.24, 2.45) is 0 Å². The Bertz CT molecular complexity index is 294. The quantitative estimate of drug-likeness (QED) is 0.527. The third-order valence-corrected chi connectivity index (χ3v) is 1.43. The first-order valence-corrected chi connectivity index (χ1v) is 3.52. The van der Waals surface area contributed by atoms with E-state index >= 15 is 0 Å². The van der Waals surface area contributed by atoms with E-state index in [4.69, 9.17) is 17.3 Å². The second kappa shape index (κ2) is 3.40. The first kappa shape index (κ1) is 8.80. The molecule has 0 aliphatic heterocycles. The highest BCUT2D eigenvalue weighted by atomic mass is 35.5. The van der Waals surface area contributed by atoms with E-state index in [-0.39, 0.29) is 11.0 Å². The molecular weight excluding hydrogens is 180 g/mol. The average molecular weight is 187 g/mol. The Morgan fingerprint density at radius 2 is 2.33 bits per heavy atom. The Balaban J connectivity index is 3.08. The zero-order valence-electron chi connectivity index (χ0n) is 6.37. The maximum Gasteiger partial charge on any atom is 0.338 e. The summed E-state index contributed by atoms with van der Waals surface area (Å²) >= 11 is 5.55. The van der Waals surface area contributed by atoms with Gasteiger partial charge in [-0.2, -0.15) is 0 Å². The maximum absolute atomic E-state index is 11.0. The summed E-state index contributed by atoms with van der Waals surface area (Å²) < 4.78 is 4.47. The first-order valence-electron chi connectivity index (χ1n) is 3.15. The van der Waals surface area contributed by atoms with Crippen LogP contribution in [0.2, 0.25) is 5.15 Å². The zero-order valence-corrected chi connectivity index (χ0v) is 7.13. The fraction of sp³-hybridized carbons (Fsp3) is 0.143. The molecular formula is C7H7ClN2O2. The van der Waals surface area contributed by atoms with Gasteiger partial charge in [0, 0.05) is 0 Å². The number of carbonyl (C=O) groups excluding carboxylic acids is 1. The van der Waals surface area contributed by atoms with Crippen LogP contribution in [-0.4, -0.2) is 18.1 Å². The van der Waals surface area contributed by atoms with Crippen molar-refractivity contribution < 1.29 is 9.53 Å². The minimum absolute atomic E-state index is 0.176. The molecule has 0 aliphatic rings. The Morgan fingerprint density at radius 1 is 1.67 bits per heavy atom. The van der Waals surface area contributed by atoms with Crippen LogP contribution in [0.25, 0.3) is 0 Å². The van der Waals surface area contributed by atoms with Crippen LogP contribution in [-0.2, 0) is 4.74 Å². The van der Waals surface area contributed by atoms with E-state index in [2.05, 4.69) is 9.72 Å². The number of ether oxygens (including phenoxy) is 1. The lowest BCUT2D eigenvalue weighted by molar-refractivity contribution is 0.0600. The molecule has 1 aromatic rings. The largest absolute Gasteiger partial charge is 0.465 e. The van der Waals surface area contributed by atoms with Gasteiger partial charge in [0.15, 0.2) is 0 Å². The summed E-state index contributed by atoms with van der Waals surface area (Å²) in [6.45, 7) is 0. The van der Waals surface area contributed by atoms with Gasteiger partial charge in [0.1, 0.15) is 11.0 Å². The summed E-state index contributed by atoms with van der Waals surface area (Å²) in [6.07, 6.45) is 0. The number of carbonyl (C=O) groups is 1. The number of methoxy groups -OCH3 is 1. The molecule has 1 aromatic heterocycles. The van der Waals surface area contributed by atoms with Crippen molar-refractivity contribution in [3.05, 3.63) is 22.8 Å². The topological polar surface area (TPSA) is 65.2 Å². The first-order chi connectivity index (χ1) is 5.63. The molecule has 1 rings (SSSR count). The third-order valence-electron chi connectivity index (χ3n) is 1.23. The van der Waals surface area contributed by atoms with Crippen LogP contribution in [0.15, 0.2) is 12.1 Å². The molecule has 0 amide bonds.